The average molecular weight is 374 g/mol. The number of benzene rings is 2. The van der Waals surface area contributed by atoms with Crippen LogP contribution in [-0.2, 0) is 10.0 Å². The van der Waals surface area contributed by atoms with Crippen LogP contribution in [0.1, 0.15) is 28.8 Å². The summed E-state index contributed by atoms with van der Waals surface area (Å²) in [6, 6.07) is 13.9. The van der Waals surface area contributed by atoms with Crippen molar-refractivity contribution in [2.24, 2.45) is 0 Å². The first-order valence-electron chi connectivity index (χ1n) is 8.55. The van der Waals surface area contributed by atoms with E-state index in [1.807, 2.05) is 30.3 Å². The van der Waals surface area contributed by atoms with Crippen LogP contribution in [0.2, 0.25) is 0 Å². The summed E-state index contributed by atoms with van der Waals surface area (Å²) in [5.41, 5.74) is 1.07. The molecule has 2 aromatic carbocycles. The second-order valence-electron chi connectivity index (χ2n) is 6.29. The Morgan fingerprint density at radius 1 is 1.15 bits per heavy atom. The lowest BCUT2D eigenvalue weighted by molar-refractivity contribution is 0.0946. The molecule has 0 aliphatic heterocycles. The molecule has 0 bridgehead atoms. The second-order valence-corrected chi connectivity index (χ2v) is 8.00. The van der Waals surface area contributed by atoms with Crippen LogP contribution in [0.5, 0.6) is 5.75 Å². The first kappa shape index (κ1) is 18.4. The highest BCUT2D eigenvalue weighted by molar-refractivity contribution is 7.89. The van der Waals surface area contributed by atoms with E-state index in [0.29, 0.717) is 18.7 Å². The number of para-hydroxylation sites is 1. The van der Waals surface area contributed by atoms with E-state index in [4.69, 9.17) is 4.74 Å². The number of sulfonamides is 1. The van der Waals surface area contributed by atoms with Gasteiger partial charge in [0, 0.05) is 11.6 Å². The van der Waals surface area contributed by atoms with Crippen molar-refractivity contribution in [3.8, 4) is 5.75 Å². The van der Waals surface area contributed by atoms with Crippen molar-refractivity contribution in [2.45, 2.75) is 30.7 Å². The molecule has 1 fully saturated rings. The molecule has 0 unspecified atom stereocenters. The molecule has 0 radical (unpaired) electrons. The maximum absolute atomic E-state index is 12.4. The second kappa shape index (κ2) is 7.88. The molecule has 0 atom stereocenters. The van der Waals surface area contributed by atoms with Crippen molar-refractivity contribution < 1.29 is 17.9 Å². The highest BCUT2D eigenvalue weighted by atomic mass is 32.2. The van der Waals surface area contributed by atoms with Gasteiger partial charge in [-0.25, -0.2) is 13.1 Å². The Balaban J connectivity index is 1.60. The van der Waals surface area contributed by atoms with Crippen molar-refractivity contribution in [3.63, 3.8) is 0 Å². The molecule has 0 heterocycles. The number of carbonyl (C=O) groups excluding carboxylic acids is 1. The fourth-order valence-electron chi connectivity index (χ4n) is 2.45. The minimum Gasteiger partial charge on any atom is -0.492 e. The smallest absolute Gasteiger partial charge is 0.251 e. The summed E-state index contributed by atoms with van der Waals surface area (Å²) in [6.45, 7) is 2.43. The van der Waals surface area contributed by atoms with E-state index in [2.05, 4.69) is 10.0 Å². The standard InChI is InChI=1S/C19H22N2O4S/c1-14-7-10-17(26(23,24)21-15-8-9-15)13-18(14)19(22)20-11-12-25-16-5-3-2-4-6-16/h2-7,10,13,15,21H,8-9,11-12H2,1H3,(H,20,22). The summed E-state index contributed by atoms with van der Waals surface area (Å²) in [5, 5.41) is 2.76. The Morgan fingerprint density at radius 3 is 2.58 bits per heavy atom. The number of ether oxygens (including phenoxy) is 1. The molecule has 138 valence electrons. The van der Waals surface area contributed by atoms with Gasteiger partial charge in [0.25, 0.3) is 5.91 Å². The van der Waals surface area contributed by atoms with E-state index < -0.39 is 10.0 Å². The Kier molecular flexibility index (Phi) is 5.58. The Bertz CT molecular complexity index is 878. The zero-order valence-electron chi connectivity index (χ0n) is 14.6. The highest BCUT2D eigenvalue weighted by Gasteiger charge is 2.28. The molecule has 2 aromatic rings. The molecule has 1 amide bonds. The van der Waals surface area contributed by atoms with E-state index in [0.717, 1.165) is 24.2 Å². The van der Waals surface area contributed by atoms with Crippen LogP contribution in [0.15, 0.2) is 53.4 Å². The van der Waals surface area contributed by atoms with E-state index in [9.17, 15) is 13.2 Å². The largest absolute Gasteiger partial charge is 0.492 e. The maximum atomic E-state index is 12.4. The highest BCUT2D eigenvalue weighted by Crippen LogP contribution is 2.23. The predicted octanol–water partition coefficient (Wildman–Crippen LogP) is 2.24. The van der Waals surface area contributed by atoms with Crippen molar-refractivity contribution in [1.82, 2.24) is 10.0 Å². The van der Waals surface area contributed by atoms with Gasteiger partial charge in [-0.3, -0.25) is 4.79 Å². The number of aryl methyl sites for hydroxylation is 1. The summed E-state index contributed by atoms with van der Waals surface area (Å²) >= 11 is 0. The summed E-state index contributed by atoms with van der Waals surface area (Å²) in [7, 11) is -3.59. The van der Waals surface area contributed by atoms with Gasteiger partial charge in [-0.1, -0.05) is 24.3 Å². The fourth-order valence-corrected chi connectivity index (χ4v) is 3.78. The first-order chi connectivity index (χ1) is 12.5. The van der Waals surface area contributed by atoms with Crippen molar-refractivity contribution in [3.05, 3.63) is 59.7 Å². The van der Waals surface area contributed by atoms with Crippen molar-refractivity contribution >= 4 is 15.9 Å². The molecule has 1 saturated carbocycles. The lowest BCUT2D eigenvalue weighted by Gasteiger charge is -2.11. The monoisotopic (exact) mass is 374 g/mol. The quantitative estimate of drug-likeness (QED) is 0.694. The van der Waals surface area contributed by atoms with Gasteiger partial charge in [0.15, 0.2) is 0 Å². The Hall–Kier alpha value is -2.38. The van der Waals surface area contributed by atoms with Crippen molar-refractivity contribution in [2.75, 3.05) is 13.2 Å². The van der Waals surface area contributed by atoms with Gasteiger partial charge < -0.3 is 10.1 Å². The average Bonchev–Trinajstić information content (AvgIpc) is 3.43. The van der Waals surface area contributed by atoms with E-state index in [1.54, 1.807) is 13.0 Å². The molecular formula is C19H22N2O4S. The van der Waals surface area contributed by atoms with Crippen LogP contribution >= 0.6 is 0 Å². The molecule has 3 rings (SSSR count). The lowest BCUT2D eigenvalue weighted by atomic mass is 10.1. The van der Waals surface area contributed by atoms with Gasteiger partial charge in [0.1, 0.15) is 12.4 Å². The fraction of sp³-hybridized carbons (Fsp3) is 0.316. The zero-order chi connectivity index (χ0) is 18.6. The maximum Gasteiger partial charge on any atom is 0.251 e. The molecule has 6 nitrogen and oxygen atoms in total. The Morgan fingerprint density at radius 2 is 1.88 bits per heavy atom. The summed E-state index contributed by atoms with van der Waals surface area (Å²) in [6.07, 6.45) is 1.72. The van der Waals surface area contributed by atoms with Gasteiger partial charge in [-0.05, 0) is 49.6 Å². The number of nitrogens with one attached hydrogen (secondary N) is 2. The molecule has 0 spiro atoms. The van der Waals surface area contributed by atoms with Gasteiger partial charge in [-0.15, -0.1) is 0 Å². The molecule has 2 N–H and O–H groups in total. The van der Waals surface area contributed by atoms with Crippen LogP contribution in [-0.4, -0.2) is 33.5 Å². The van der Waals surface area contributed by atoms with Crippen LogP contribution in [0.3, 0.4) is 0 Å². The van der Waals surface area contributed by atoms with Crippen molar-refractivity contribution in [1.29, 1.82) is 0 Å². The van der Waals surface area contributed by atoms with E-state index in [-0.39, 0.29) is 16.8 Å². The molecule has 1 aliphatic carbocycles. The van der Waals surface area contributed by atoms with Gasteiger partial charge in [-0.2, -0.15) is 0 Å². The van der Waals surface area contributed by atoms with Gasteiger partial charge in [0.05, 0.1) is 11.4 Å². The predicted molar refractivity (Wildman–Crippen MR) is 98.8 cm³/mol. The van der Waals surface area contributed by atoms with Crippen LogP contribution in [0.25, 0.3) is 0 Å². The molecule has 0 aromatic heterocycles. The lowest BCUT2D eigenvalue weighted by Crippen LogP contribution is -2.29. The number of hydrogen-bond acceptors (Lipinski definition) is 4. The summed E-state index contributed by atoms with van der Waals surface area (Å²) in [4.78, 5) is 12.5. The number of amides is 1. The summed E-state index contributed by atoms with van der Waals surface area (Å²) in [5.74, 6) is 0.416. The number of rotatable bonds is 8. The number of hydrogen-bond donors (Lipinski definition) is 2. The van der Waals surface area contributed by atoms with E-state index in [1.165, 1.54) is 12.1 Å². The summed E-state index contributed by atoms with van der Waals surface area (Å²) < 4.78 is 32.8. The normalized spacial score (nSPS) is 14.0. The van der Waals surface area contributed by atoms with Gasteiger partial charge in [0.2, 0.25) is 10.0 Å². The van der Waals surface area contributed by atoms with Crippen LogP contribution in [0.4, 0.5) is 0 Å². The topological polar surface area (TPSA) is 84.5 Å². The van der Waals surface area contributed by atoms with E-state index >= 15 is 0 Å². The molecule has 7 heteroatoms. The molecule has 26 heavy (non-hydrogen) atoms. The SMILES string of the molecule is Cc1ccc(S(=O)(=O)NC2CC2)cc1C(=O)NCCOc1ccccc1. The third-order valence-electron chi connectivity index (χ3n) is 4.06. The minimum atomic E-state index is -3.59. The van der Waals surface area contributed by atoms with Crippen LogP contribution in [0, 0.1) is 6.92 Å². The van der Waals surface area contributed by atoms with Gasteiger partial charge >= 0.3 is 0 Å². The molecular weight excluding hydrogens is 352 g/mol. The minimum absolute atomic E-state index is 0.0220. The molecule has 0 saturated heterocycles. The zero-order valence-corrected chi connectivity index (χ0v) is 15.4. The third kappa shape index (κ3) is 4.83. The first-order valence-corrected chi connectivity index (χ1v) is 10.0. The Labute approximate surface area is 153 Å². The van der Waals surface area contributed by atoms with Crippen LogP contribution < -0.4 is 14.8 Å². The molecule has 1 aliphatic rings. The number of carbonyl (C=O) groups is 1. The third-order valence-corrected chi connectivity index (χ3v) is 5.58.